The normalized spacial score (nSPS) is 10.5. The van der Waals surface area contributed by atoms with Crippen LogP contribution in [-0.2, 0) is 16.1 Å². The summed E-state index contributed by atoms with van der Waals surface area (Å²) in [6, 6.07) is 14.6. The van der Waals surface area contributed by atoms with Gasteiger partial charge in [-0.05, 0) is 29.8 Å². The van der Waals surface area contributed by atoms with Gasteiger partial charge in [-0.25, -0.2) is 9.78 Å². The Morgan fingerprint density at radius 1 is 1.12 bits per heavy atom. The van der Waals surface area contributed by atoms with Crippen molar-refractivity contribution < 1.29 is 14.3 Å². The molecule has 0 radical (unpaired) electrons. The molecule has 0 aliphatic rings. The summed E-state index contributed by atoms with van der Waals surface area (Å²) in [6.45, 7) is 0.317. The number of aromatic nitrogens is 1. The van der Waals surface area contributed by atoms with E-state index in [1.165, 1.54) is 18.4 Å². The maximum atomic E-state index is 12.1. The first-order valence-electron chi connectivity index (χ1n) is 7.92. The third kappa shape index (κ3) is 4.78. The van der Waals surface area contributed by atoms with Crippen LogP contribution in [0.2, 0.25) is 0 Å². The van der Waals surface area contributed by atoms with Crippen molar-refractivity contribution in [1.29, 1.82) is 0 Å². The van der Waals surface area contributed by atoms with Crippen LogP contribution in [0.25, 0.3) is 10.2 Å². The smallest absolute Gasteiger partial charge is 0.321 e. The van der Waals surface area contributed by atoms with Gasteiger partial charge >= 0.3 is 6.03 Å². The lowest BCUT2D eigenvalue weighted by Crippen LogP contribution is -2.28. The number of rotatable bonds is 6. The fourth-order valence-electron chi connectivity index (χ4n) is 2.34. The molecule has 0 fully saturated rings. The highest BCUT2D eigenvalue weighted by atomic mass is 32.1. The number of carbonyl (C=O) groups is 2. The van der Waals surface area contributed by atoms with Crippen molar-refractivity contribution in [3.05, 3.63) is 54.1 Å². The Bertz CT molecular complexity index is 892. The highest BCUT2D eigenvalue weighted by molar-refractivity contribution is 7.22. The van der Waals surface area contributed by atoms with Crippen LogP contribution < -0.4 is 16.0 Å². The van der Waals surface area contributed by atoms with Gasteiger partial charge in [0.15, 0.2) is 5.13 Å². The lowest BCUT2D eigenvalue weighted by Gasteiger charge is -2.08. The lowest BCUT2D eigenvalue weighted by molar-refractivity contribution is -0.119. The Kier molecular flexibility index (Phi) is 5.77. The molecule has 0 aliphatic heterocycles. The van der Waals surface area contributed by atoms with E-state index in [0.29, 0.717) is 17.4 Å². The van der Waals surface area contributed by atoms with Gasteiger partial charge in [0.25, 0.3) is 0 Å². The highest BCUT2D eigenvalue weighted by Crippen LogP contribution is 2.25. The maximum Gasteiger partial charge on any atom is 0.321 e. The zero-order valence-electron chi connectivity index (χ0n) is 14.1. The summed E-state index contributed by atoms with van der Waals surface area (Å²) in [4.78, 5) is 28.0. The Labute approximate surface area is 154 Å². The lowest BCUT2D eigenvalue weighted by atomic mass is 10.2. The minimum Gasteiger partial charge on any atom is -0.375 e. The SMILES string of the molecule is COCC(=O)Nc1cccc(CNC(=O)Nc2nc3ccccc3s2)c1. The summed E-state index contributed by atoms with van der Waals surface area (Å²) in [5, 5.41) is 8.78. The van der Waals surface area contributed by atoms with Crippen LogP contribution in [0.3, 0.4) is 0 Å². The van der Waals surface area contributed by atoms with Gasteiger partial charge in [-0.2, -0.15) is 0 Å². The molecule has 3 rings (SSSR count). The van der Waals surface area contributed by atoms with Crippen molar-refractivity contribution in [2.45, 2.75) is 6.54 Å². The molecular weight excluding hydrogens is 352 g/mol. The number of thiazole rings is 1. The van der Waals surface area contributed by atoms with E-state index in [4.69, 9.17) is 4.74 Å². The molecule has 0 aliphatic carbocycles. The molecule has 8 heteroatoms. The molecule has 0 spiro atoms. The van der Waals surface area contributed by atoms with E-state index in [2.05, 4.69) is 20.9 Å². The van der Waals surface area contributed by atoms with Crippen LogP contribution in [-0.4, -0.2) is 30.6 Å². The van der Waals surface area contributed by atoms with Crippen LogP contribution in [0, 0.1) is 0 Å². The first-order valence-corrected chi connectivity index (χ1v) is 8.74. The second kappa shape index (κ2) is 8.41. The van der Waals surface area contributed by atoms with E-state index >= 15 is 0 Å². The molecule has 3 amide bonds. The second-order valence-corrected chi connectivity index (χ2v) is 6.51. The van der Waals surface area contributed by atoms with E-state index in [0.717, 1.165) is 15.8 Å². The number of methoxy groups -OCH3 is 1. The minimum absolute atomic E-state index is 0.00689. The molecule has 134 valence electrons. The summed E-state index contributed by atoms with van der Waals surface area (Å²) >= 11 is 1.42. The first-order chi connectivity index (χ1) is 12.6. The van der Waals surface area contributed by atoms with Gasteiger partial charge in [0, 0.05) is 19.3 Å². The van der Waals surface area contributed by atoms with Gasteiger partial charge in [-0.3, -0.25) is 10.1 Å². The molecule has 3 aromatic rings. The Hall–Kier alpha value is -2.97. The van der Waals surface area contributed by atoms with Crippen LogP contribution in [0.5, 0.6) is 0 Å². The fourth-order valence-corrected chi connectivity index (χ4v) is 3.20. The van der Waals surface area contributed by atoms with Gasteiger partial charge in [0.1, 0.15) is 6.61 Å². The number of hydrogen-bond donors (Lipinski definition) is 3. The second-order valence-electron chi connectivity index (χ2n) is 5.48. The van der Waals surface area contributed by atoms with E-state index in [1.54, 1.807) is 12.1 Å². The molecule has 0 atom stereocenters. The molecule has 1 aromatic heterocycles. The van der Waals surface area contributed by atoms with Crippen LogP contribution in [0.15, 0.2) is 48.5 Å². The molecular formula is C18H18N4O3S. The van der Waals surface area contributed by atoms with E-state index in [1.807, 2.05) is 36.4 Å². The summed E-state index contributed by atoms with van der Waals surface area (Å²) in [5.41, 5.74) is 2.37. The van der Waals surface area contributed by atoms with Crippen LogP contribution in [0.1, 0.15) is 5.56 Å². The number of nitrogens with one attached hydrogen (secondary N) is 3. The Morgan fingerprint density at radius 3 is 2.77 bits per heavy atom. The zero-order valence-corrected chi connectivity index (χ0v) is 14.9. The summed E-state index contributed by atoms with van der Waals surface area (Å²) in [7, 11) is 1.46. The number of nitrogens with zero attached hydrogens (tertiary/aromatic N) is 1. The molecule has 1 heterocycles. The van der Waals surface area contributed by atoms with Crippen LogP contribution in [0.4, 0.5) is 15.6 Å². The van der Waals surface area contributed by atoms with E-state index in [-0.39, 0.29) is 18.5 Å². The van der Waals surface area contributed by atoms with Crippen molar-refractivity contribution in [2.24, 2.45) is 0 Å². The van der Waals surface area contributed by atoms with Crippen molar-refractivity contribution in [1.82, 2.24) is 10.3 Å². The van der Waals surface area contributed by atoms with Crippen molar-refractivity contribution >= 4 is 44.3 Å². The standard InChI is InChI=1S/C18H18N4O3S/c1-25-11-16(23)20-13-6-4-5-12(9-13)10-19-17(24)22-18-21-14-7-2-3-8-15(14)26-18/h2-9H,10-11H2,1H3,(H,20,23)(H2,19,21,22,24). The quantitative estimate of drug-likeness (QED) is 0.621. The van der Waals surface area contributed by atoms with Crippen molar-refractivity contribution in [3.8, 4) is 0 Å². The van der Waals surface area contributed by atoms with Crippen molar-refractivity contribution in [3.63, 3.8) is 0 Å². The third-order valence-corrected chi connectivity index (χ3v) is 4.41. The topological polar surface area (TPSA) is 92.4 Å². The van der Waals surface area contributed by atoms with Gasteiger partial charge in [0.2, 0.25) is 5.91 Å². The predicted molar refractivity (Wildman–Crippen MR) is 102 cm³/mol. The zero-order chi connectivity index (χ0) is 18.4. The minimum atomic E-state index is -0.335. The molecule has 7 nitrogen and oxygen atoms in total. The first kappa shape index (κ1) is 17.8. The summed E-state index contributed by atoms with van der Waals surface area (Å²) < 4.78 is 5.80. The van der Waals surface area contributed by atoms with E-state index in [9.17, 15) is 9.59 Å². The highest BCUT2D eigenvalue weighted by Gasteiger charge is 2.08. The molecule has 26 heavy (non-hydrogen) atoms. The molecule has 0 saturated carbocycles. The molecule has 0 saturated heterocycles. The number of ether oxygens (including phenoxy) is 1. The van der Waals surface area contributed by atoms with Gasteiger partial charge in [-0.15, -0.1) is 0 Å². The molecule has 2 aromatic carbocycles. The van der Waals surface area contributed by atoms with Gasteiger partial charge < -0.3 is 15.4 Å². The van der Waals surface area contributed by atoms with Crippen LogP contribution >= 0.6 is 11.3 Å². The average Bonchev–Trinajstić information content (AvgIpc) is 3.02. The monoisotopic (exact) mass is 370 g/mol. The predicted octanol–water partition coefficient (Wildman–Crippen LogP) is 3.20. The van der Waals surface area contributed by atoms with Gasteiger partial charge in [0.05, 0.1) is 10.2 Å². The summed E-state index contributed by atoms with van der Waals surface area (Å²) in [5.74, 6) is -0.230. The Balaban J connectivity index is 1.54. The number of benzene rings is 2. The molecule has 0 bridgehead atoms. The number of urea groups is 1. The maximum absolute atomic E-state index is 12.1. The summed E-state index contributed by atoms with van der Waals surface area (Å²) in [6.07, 6.45) is 0. The van der Waals surface area contributed by atoms with Crippen molar-refractivity contribution in [2.75, 3.05) is 24.4 Å². The third-order valence-electron chi connectivity index (χ3n) is 3.45. The number of hydrogen-bond acceptors (Lipinski definition) is 5. The largest absolute Gasteiger partial charge is 0.375 e. The number of anilines is 2. The average molecular weight is 370 g/mol. The number of fused-ring (bicyclic) bond motifs is 1. The molecule has 3 N–H and O–H groups in total. The van der Waals surface area contributed by atoms with E-state index < -0.39 is 0 Å². The number of para-hydroxylation sites is 1. The number of carbonyl (C=O) groups excluding carboxylic acids is 2. The fraction of sp³-hybridized carbons (Fsp3) is 0.167. The van der Waals surface area contributed by atoms with Gasteiger partial charge in [-0.1, -0.05) is 35.6 Å². The Morgan fingerprint density at radius 2 is 1.96 bits per heavy atom. The number of amides is 3. The molecule has 0 unspecified atom stereocenters.